The van der Waals surface area contributed by atoms with E-state index in [-0.39, 0.29) is 16.7 Å². The lowest BCUT2D eigenvalue weighted by Crippen LogP contribution is -2.39. The maximum absolute atomic E-state index is 12.8. The predicted molar refractivity (Wildman–Crippen MR) is 77.0 cm³/mol. The van der Waals surface area contributed by atoms with Gasteiger partial charge >= 0.3 is 0 Å². The molecule has 3 rings (SSSR count). The Balaban J connectivity index is 1.92. The number of benzene rings is 1. The van der Waals surface area contributed by atoms with Crippen LogP contribution in [0.25, 0.3) is 0 Å². The van der Waals surface area contributed by atoms with E-state index in [4.69, 9.17) is 0 Å². The molecule has 1 aliphatic heterocycles. The Morgan fingerprint density at radius 3 is 2.45 bits per heavy atom. The summed E-state index contributed by atoms with van der Waals surface area (Å²) in [4.78, 5) is 0.0462. The molecule has 5 heteroatoms. The van der Waals surface area contributed by atoms with Crippen molar-refractivity contribution in [2.75, 3.05) is 6.54 Å². The van der Waals surface area contributed by atoms with E-state index in [1.54, 1.807) is 16.4 Å². The fraction of sp³-hybridized carbons (Fsp3) is 0.600. The third-order valence-electron chi connectivity index (χ3n) is 4.64. The molecule has 0 aromatic heterocycles. The standard InChI is InChI=1S/C15H21NO3S/c17-14-9-3-4-10-15(14)20(18,19)16-11-5-8-13(16)12-6-1-2-7-12/h3-4,9-10,12-13,17H,1-2,5-8,11H2. The average Bonchev–Trinajstić information content (AvgIpc) is 3.10. The van der Waals surface area contributed by atoms with Gasteiger partial charge in [-0.15, -0.1) is 0 Å². The highest BCUT2D eigenvalue weighted by Gasteiger charge is 2.40. The van der Waals surface area contributed by atoms with E-state index >= 15 is 0 Å². The Kier molecular flexibility index (Phi) is 3.73. The summed E-state index contributed by atoms with van der Waals surface area (Å²) in [6.07, 6.45) is 6.58. The second-order valence-electron chi connectivity index (χ2n) is 5.84. The first kappa shape index (κ1) is 13.9. The quantitative estimate of drug-likeness (QED) is 0.933. The van der Waals surface area contributed by atoms with Gasteiger partial charge in [0.15, 0.2) is 0 Å². The summed E-state index contributed by atoms with van der Waals surface area (Å²) < 4.78 is 27.2. The molecule has 0 spiro atoms. The smallest absolute Gasteiger partial charge is 0.247 e. The molecule has 0 amide bonds. The monoisotopic (exact) mass is 295 g/mol. The van der Waals surface area contributed by atoms with Crippen molar-refractivity contribution in [2.24, 2.45) is 5.92 Å². The zero-order chi connectivity index (χ0) is 14.2. The zero-order valence-electron chi connectivity index (χ0n) is 11.5. The number of nitrogens with zero attached hydrogens (tertiary/aromatic N) is 1. The van der Waals surface area contributed by atoms with Gasteiger partial charge in [0.25, 0.3) is 0 Å². The summed E-state index contributed by atoms with van der Waals surface area (Å²) in [5, 5.41) is 9.85. The van der Waals surface area contributed by atoms with Gasteiger partial charge in [-0.25, -0.2) is 8.42 Å². The first-order valence-electron chi connectivity index (χ1n) is 7.40. The van der Waals surface area contributed by atoms with Crippen LogP contribution < -0.4 is 0 Å². The maximum atomic E-state index is 12.8. The molecule has 0 bridgehead atoms. The van der Waals surface area contributed by atoms with Crippen LogP contribution in [-0.2, 0) is 10.0 Å². The number of rotatable bonds is 3. The van der Waals surface area contributed by atoms with Crippen molar-refractivity contribution in [2.45, 2.75) is 49.5 Å². The van der Waals surface area contributed by atoms with Crippen LogP contribution in [0, 0.1) is 5.92 Å². The first-order chi connectivity index (χ1) is 9.60. The predicted octanol–water partition coefficient (Wildman–Crippen LogP) is 2.74. The molecule has 2 aliphatic rings. The maximum Gasteiger partial charge on any atom is 0.247 e. The highest BCUT2D eigenvalue weighted by molar-refractivity contribution is 7.89. The van der Waals surface area contributed by atoms with Gasteiger partial charge in [-0.05, 0) is 43.7 Å². The van der Waals surface area contributed by atoms with E-state index in [9.17, 15) is 13.5 Å². The third-order valence-corrected chi connectivity index (χ3v) is 6.62. The highest BCUT2D eigenvalue weighted by atomic mass is 32.2. The van der Waals surface area contributed by atoms with Gasteiger partial charge in [0.2, 0.25) is 10.0 Å². The Bertz CT molecular complexity index is 579. The molecule has 20 heavy (non-hydrogen) atoms. The number of hydrogen-bond acceptors (Lipinski definition) is 3. The number of phenolic OH excluding ortho intramolecular Hbond substituents is 1. The molecule has 1 aromatic rings. The molecular weight excluding hydrogens is 274 g/mol. The highest BCUT2D eigenvalue weighted by Crippen LogP contribution is 2.39. The van der Waals surface area contributed by atoms with Crippen LogP contribution in [0.3, 0.4) is 0 Å². The van der Waals surface area contributed by atoms with Crippen molar-refractivity contribution in [1.29, 1.82) is 0 Å². The van der Waals surface area contributed by atoms with Crippen LogP contribution in [0.5, 0.6) is 5.75 Å². The fourth-order valence-corrected chi connectivity index (χ4v) is 5.52. The van der Waals surface area contributed by atoms with Crippen molar-refractivity contribution in [3.05, 3.63) is 24.3 Å². The van der Waals surface area contributed by atoms with Gasteiger partial charge in [0, 0.05) is 12.6 Å². The van der Waals surface area contributed by atoms with Crippen molar-refractivity contribution >= 4 is 10.0 Å². The number of sulfonamides is 1. The van der Waals surface area contributed by atoms with Gasteiger partial charge < -0.3 is 5.11 Å². The molecule has 1 aliphatic carbocycles. The van der Waals surface area contributed by atoms with Crippen molar-refractivity contribution in [3.63, 3.8) is 0 Å². The number of aromatic hydroxyl groups is 1. The van der Waals surface area contributed by atoms with Crippen molar-refractivity contribution < 1.29 is 13.5 Å². The average molecular weight is 295 g/mol. The van der Waals surface area contributed by atoms with Gasteiger partial charge in [-0.3, -0.25) is 0 Å². The van der Waals surface area contributed by atoms with Crippen LogP contribution in [0.4, 0.5) is 0 Å². The summed E-state index contributed by atoms with van der Waals surface area (Å²) in [5.74, 6) is 0.350. The number of phenols is 1. The minimum Gasteiger partial charge on any atom is -0.507 e. The SMILES string of the molecule is O=S(=O)(c1ccccc1O)N1CCCC1C1CCCC1. The van der Waals surface area contributed by atoms with Crippen LogP contribution >= 0.6 is 0 Å². The summed E-state index contributed by atoms with van der Waals surface area (Å²) in [5.41, 5.74) is 0. The van der Waals surface area contributed by atoms with Crippen LogP contribution in [0.15, 0.2) is 29.2 Å². The van der Waals surface area contributed by atoms with Gasteiger partial charge in [-0.1, -0.05) is 25.0 Å². The normalized spacial score (nSPS) is 25.3. The Hall–Kier alpha value is -1.07. The summed E-state index contributed by atoms with van der Waals surface area (Å²) >= 11 is 0. The van der Waals surface area contributed by atoms with E-state index in [2.05, 4.69) is 0 Å². The van der Waals surface area contributed by atoms with Gasteiger partial charge in [-0.2, -0.15) is 4.31 Å². The molecule has 1 heterocycles. The van der Waals surface area contributed by atoms with E-state index < -0.39 is 10.0 Å². The van der Waals surface area contributed by atoms with Crippen molar-refractivity contribution in [3.8, 4) is 5.75 Å². The van der Waals surface area contributed by atoms with Gasteiger partial charge in [0.05, 0.1) is 0 Å². The van der Waals surface area contributed by atoms with Crippen LogP contribution in [0.2, 0.25) is 0 Å². The molecule has 0 radical (unpaired) electrons. The third kappa shape index (κ3) is 2.33. The minimum absolute atomic E-state index is 0.0462. The van der Waals surface area contributed by atoms with E-state index in [1.807, 2.05) is 0 Å². The van der Waals surface area contributed by atoms with Crippen LogP contribution in [0.1, 0.15) is 38.5 Å². The number of para-hydroxylation sites is 1. The second-order valence-corrected chi connectivity index (χ2v) is 7.70. The Labute approximate surface area is 120 Å². The van der Waals surface area contributed by atoms with E-state index in [1.165, 1.54) is 25.0 Å². The fourth-order valence-electron chi connectivity index (χ4n) is 3.68. The van der Waals surface area contributed by atoms with Crippen LogP contribution in [-0.4, -0.2) is 30.4 Å². The largest absolute Gasteiger partial charge is 0.507 e. The molecule has 1 atom stereocenters. The molecule has 2 fully saturated rings. The molecular formula is C15H21NO3S. The van der Waals surface area contributed by atoms with E-state index in [0.717, 1.165) is 25.7 Å². The molecule has 1 N–H and O–H groups in total. The summed E-state index contributed by atoms with van der Waals surface area (Å²) in [6, 6.07) is 6.37. The lowest BCUT2D eigenvalue weighted by molar-refractivity contribution is 0.287. The Morgan fingerprint density at radius 2 is 1.75 bits per heavy atom. The number of hydrogen-bond donors (Lipinski definition) is 1. The topological polar surface area (TPSA) is 57.6 Å². The molecule has 1 unspecified atom stereocenters. The molecule has 1 saturated carbocycles. The molecule has 1 saturated heterocycles. The second kappa shape index (κ2) is 5.37. The van der Waals surface area contributed by atoms with Crippen molar-refractivity contribution in [1.82, 2.24) is 4.31 Å². The van der Waals surface area contributed by atoms with Gasteiger partial charge in [0.1, 0.15) is 10.6 Å². The lowest BCUT2D eigenvalue weighted by atomic mass is 9.97. The molecule has 4 nitrogen and oxygen atoms in total. The molecule has 110 valence electrons. The first-order valence-corrected chi connectivity index (χ1v) is 8.84. The lowest BCUT2D eigenvalue weighted by Gasteiger charge is -2.28. The summed E-state index contributed by atoms with van der Waals surface area (Å²) in [7, 11) is -3.57. The minimum atomic E-state index is -3.57. The summed E-state index contributed by atoms with van der Waals surface area (Å²) in [6.45, 7) is 0.581. The Morgan fingerprint density at radius 1 is 1.05 bits per heavy atom. The zero-order valence-corrected chi connectivity index (χ0v) is 12.3. The molecule has 1 aromatic carbocycles. The van der Waals surface area contributed by atoms with E-state index in [0.29, 0.717) is 12.5 Å².